The standard InChI is InChI=1S/2C14H11ClF3N3O2S/c2*15-8-4-2-1-3-7(8)10-5-9(16)12-19-13(20-21(10)12)24(22,23)11-6-14(11,17)18/h2*1-4,9-11H,5-6H2/t9-,10-,11+;9-,10-,11-/m00/s1. The highest BCUT2D eigenvalue weighted by atomic mass is 35.5. The second-order valence-corrected chi connectivity index (χ2v) is 16.7. The molecule has 2 aliphatic carbocycles. The number of halogens is 8. The van der Waals surface area contributed by atoms with Crippen molar-refractivity contribution in [1.82, 2.24) is 29.5 Å². The first-order chi connectivity index (χ1) is 22.4. The van der Waals surface area contributed by atoms with Gasteiger partial charge in [-0.3, -0.25) is 0 Å². The molecule has 2 fully saturated rings. The predicted octanol–water partition coefficient (Wildman–Crippen LogP) is 6.23. The number of aromatic nitrogens is 6. The lowest BCUT2D eigenvalue weighted by Gasteiger charge is -2.13. The largest absolute Gasteiger partial charge is 0.267 e. The molecule has 0 unspecified atom stereocenters. The van der Waals surface area contributed by atoms with Gasteiger partial charge in [0.15, 0.2) is 24.0 Å². The fourth-order valence-electron chi connectivity index (χ4n) is 5.87. The van der Waals surface area contributed by atoms with E-state index in [0.717, 1.165) is 9.36 Å². The molecule has 4 heterocycles. The Labute approximate surface area is 278 Å². The van der Waals surface area contributed by atoms with Crippen LogP contribution in [0, 0.1) is 0 Å². The van der Waals surface area contributed by atoms with Gasteiger partial charge in [0.1, 0.15) is 10.5 Å². The van der Waals surface area contributed by atoms with Gasteiger partial charge in [-0.25, -0.2) is 52.5 Å². The molecule has 256 valence electrons. The Morgan fingerprint density at radius 1 is 0.646 bits per heavy atom. The molecular formula is C28H22Cl2F6N6O4S2. The molecule has 10 nitrogen and oxygen atoms in total. The number of rotatable bonds is 6. The third-order valence-electron chi connectivity index (χ3n) is 8.61. The van der Waals surface area contributed by atoms with Crippen molar-refractivity contribution in [1.29, 1.82) is 0 Å². The Morgan fingerprint density at radius 3 is 1.29 bits per heavy atom. The fourth-order valence-corrected chi connectivity index (χ4v) is 9.54. The van der Waals surface area contributed by atoms with Crippen LogP contribution >= 0.6 is 23.2 Å². The van der Waals surface area contributed by atoms with E-state index in [1.807, 2.05) is 0 Å². The van der Waals surface area contributed by atoms with E-state index in [1.54, 1.807) is 48.5 Å². The molecular weight excluding hydrogens is 733 g/mol. The first-order valence-corrected chi connectivity index (χ1v) is 18.2. The monoisotopic (exact) mass is 754 g/mol. The molecule has 4 aliphatic rings. The van der Waals surface area contributed by atoms with Crippen LogP contribution in [0.15, 0.2) is 58.8 Å². The van der Waals surface area contributed by atoms with E-state index in [1.165, 1.54) is 0 Å². The van der Waals surface area contributed by atoms with Gasteiger partial charge in [-0.1, -0.05) is 59.6 Å². The highest BCUT2D eigenvalue weighted by molar-refractivity contribution is 7.92. The first-order valence-electron chi connectivity index (χ1n) is 14.4. The number of fused-ring (bicyclic) bond motifs is 2. The quantitative estimate of drug-likeness (QED) is 0.212. The lowest BCUT2D eigenvalue weighted by atomic mass is 10.0. The number of hydrogen-bond acceptors (Lipinski definition) is 8. The average Bonchev–Trinajstić information content (AvgIpc) is 3.49. The van der Waals surface area contributed by atoms with Crippen molar-refractivity contribution in [3.63, 3.8) is 0 Å². The number of benzene rings is 2. The molecule has 2 aromatic heterocycles. The Kier molecular flexibility index (Phi) is 7.73. The van der Waals surface area contributed by atoms with Gasteiger partial charge in [0.2, 0.25) is 19.7 Å². The summed E-state index contributed by atoms with van der Waals surface area (Å²) in [5.74, 6) is -6.90. The minimum Gasteiger partial charge on any atom is -0.239 e. The van der Waals surface area contributed by atoms with Gasteiger partial charge in [0.05, 0.1) is 12.1 Å². The summed E-state index contributed by atoms with van der Waals surface area (Å²) < 4.78 is 132. The van der Waals surface area contributed by atoms with Crippen molar-refractivity contribution in [2.75, 3.05) is 0 Å². The molecule has 2 saturated carbocycles. The van der Waals surface area contributed by atoms with Gasteiger partial charge < -0.3 is 0 Å². The smallest absolute Gasteiger partial charge is 0.239 e. The Morgan fingerprint density at radius 2 is 0.979 bits per heavy atom. The van der Waals surface area contributed by atoms with Gasteiger partial charge >= 0.3 is 0 Å². The summed E-state index contributed by atoms with van der Waals surface area (Å²) >= 11 is 12.2. The van der Waals surface area contributed by atoms with Gasteiger partial charge in [-0.05, 0) is 23.3 Å². The molecule has 0 N–H and O–H groups in total. The SMILES string of the molecule is O=S(=O)(c1nc2n(n1)[C@H](c1ccccc1Cl)C[C@@H]2F)[C@@H]1CC1(F)F.O=S(=O)(c1nc2n(n1)[C@H](c1ccccc1Cl)C[C@@H]2F)[C@H]1CC1(F)F. The summed E-state index contributed by atoms with van der Waals surface area (Å²) in [6.45, 7) is 0. The van der Waals surface area contributed by atoms with Crippen molar-refractivity contribution in [2.45, 2.75) is 82.8 Å². The van der Waals surface area contributed by atoms with E-state index in [4.69, 9.17) is 23.2 Å². The zero-order valence-electron chi connectivity index (χ0n) is 24.1. The Balaban J connectivity index is 0.000000152. The molecule has 6 atom stereocenters. The molecule has 0 radical (unpaired) electrons. The third kappa shape index (κ3) is 5.48. The van der Waals surface area contributed by atoms with Crippen LogP contribution in [0.3, 0.4) is 0 Å². The molecule has 20 heteroatoms. The number of sulfone groups is 2. The third-order valence-corrected chi connectivity index (χ3v) is 13.2. The number of hydrogen-bond donors (Lipinski definition) is 0. The van der Waals surface area contributed by atoms with E-state index in [-0.39, 0.29) is 24.5 Å². The molecule has 2 aromatic carbocycles. The lowest BCUT2D eigenvalue weighted by Crippen LogP contribution is -2.17. The second-order valence-electron chi connectivity index (χ2n) is 11.9. The van der Waals surface area contributed by atoms with Crippen molar-refractivity contribution in [3.8, 4) is 0 Å². The Hall–Kier alpha value is -3.22. The summed E-state index contributed by atoms with van der Waals surface area (Å²) in [5, 5.41) is 3.26. The molecule has 48 heavy (non-hydrogen) atoms. The van der Waals surface area contributed by atoms with Crippen LogP contribution in [0.1, 0.15) is 72.9 Å². The maximum Gasteiger partial charge on any atom is 0.267 e. The average molecular weight is 756 g/mol. The van der Waals surface area contributed by atoms with Crippen molar-refractivity contribution in [3.05, 3.63) is 81.4 Å². The molecule has 0 saturated heterocycles. The van der Waals surface area contributed by atoms with Gasteiger partial charge in [0, 0.05) is 35.7 Å². The van der Waals surface area contributed by atoms with E-state index < -0.39 is 89.6 Å². The minimum atomic E-state index is -4.38. The maximum atomic E-state index is 14.2. The van der Waals surface area contributed by atoms with E-state index in [9.17, 15) is 43.2 Å². The molecule has 2 aliphatic heterocycles. The van der Waals surface area contributed by atoms with Crippen molar-refractivity contribution < 1.29 is 43.2 Å². The van der Waals surface area contributed by atoms with Crippen LogP contribution in [-0.4, -0.2) is 68.7 Å². The summed E-state index contributed by atoms with van der Waals surface area (Å²) in [7, 11) is -8.77. The molecule has 8 rings (SSSR count). The van der Waals surface area contributed by atoms with E-state index in [2.05, 4.69) is 20.2 Å². The summed E-state index contributed by atoms with van der Waals surface area (Å²) in [6, 6.07) is 12.2. The fraction of sp³-hybridized carbons (Fsp3) is 0.429. The zero-order valence-corrected chi connectivity index (χ0v) is 27.2. The maximum absolute atomic E-state index is 14.2. The summed E-state index contributed by atoms with van der Waals surface area (Å²) in [6.07, 6.45) is -4.57. The second kappa shape index (κ2) is 11.1. The van der Waals surface area contributed by atoms with Crippen LogP contribution in [0.4, 0.5) is 26.3 Å². The van der Waals surface area contributed by atoms with Crippen molar-refractivity contribution >= 4 is 42.9 Å². The summed E-state index contributed by atoms with van der Waals surface area (Å²) in [5.41, 5.74) is 1.15. The minimum absolute atomic E-state index is 0.0129. The number of nitrogens with zero attached hydrogens (tertiary/aromatic N) is 6. The van der Waals surface area contributed by atoms with Crippen LogP contribution in [0.5, 0.6) is 0 Å². The van der Waals surface area contributed by atoms with Crippen LogP contribution < -0.4 is 0 Å². The van der Waals surface area contributed by atoms with E-state index >= 15 is 0 Å². The lowest BCUT2D eigenvalue weighted by molar-refractivity contribution is 0.120. The van der Waals surface area contributed by atoms with Crippen LogP contribution in [-0.2, 0) is 19.7 Å². The zero-order chi connectivity index (χ0) is 34.6. The molecule has 4 aromatic rings. The van der Waals surface area contributed by atoms with Gasteiger partial charge in [0.25, 0.3) is 22.2 Å². The van der Waals surface area contributed by atoms with Crippen LogP contribution in [0.25, 0.3) is 0 Å². The topological polar surface area (TPSA) is 130 Å². The molecule has 0 bridgehead atoms. The summed E-state index contributed by atoms with van der Waals surface area (Å²) in [4.78, 5) is 7.38. The van der Waals surface area contributed by atoms with Gasteiger partial charge in [-0.2, -0.15) is 9.97 Å². The first kappa shape index (κ1) is 33.3. The van der Waals surface area contributed by atoms with Crippen LogP contribution in [0.2, 0.25) is 10.0 Å². The number of alkyl halides is 6. The Bertz CT molecular complexity index is 2010. The highest BCUT2D eigenvalue weighted by Crippen LogP contribution is 2.51. The van der Waals surface area contributed by atoms with E-state index in [0.29, 0.717) is 21.2 Å². The molecule has 0 spiro atoms. The van der Waals surface area contributed by atoms with Crippen molar-refractivity contribution in [2.24, 2.45) is 0 Å². The normalized spacial score (nSPS) is 27.9. The highest BCUT2D eigenvalue weighted by Gasteiger charge is 2.67. The molecule has 0 amide bonds. The van der Waals surface area contributed by atoms with Gasteiger partial charge in [-0.15, -0.1) is 10.2 Å². The predicted molar refractivity (Wildman–Crippen MR) is 157 cm³/mol.